The summed E-state index contributed by atoms with van der Waals surface area (Å²) in [6.07, 6.45) is 0. The molecular weight excluding hydrogens is 182 g/mol. The monoisotopic (exact) mass is 205 g/mol. The van der Waals surface area contributed by atoms with Crippen LogP contribution in [0.2, 0.25) is 0 Å². The highest BCUT2D eigenvalue weighted by Crippen LogP contribution is 1.88. The quantitative estimate of drug-likeness (QED) is 0.532. The van der Waals surface area contributed by atoms with Crippen LogP contribution in [0.4, 0.5) is 0 Å². The maximum Gasteiger partial charge on any atom is 0.0701 e. The smallest absolute Gasteiger partial charge is 0.0701 e. The Bertz CT molecular complexity index is 106. The van der Waals surface area contributed by atoms with Crippen LogP contribution in [0.1, 0.15) is 13.8 Å². The molecule has 1 N–H and O–H groups in total. The van der Waals surface area contributed by atoms with Crippen molar-refractivity contribution in [2.24, 2.45) is 0 Å². The highest BCUT2D eigenvalue weighted by molar-refractivity contribution is 4.63. The molecule has 0 spiro atoms. The van der Waals surface area contributed by atoms with Gasteiger partial charge in [-0.25, -0.2) is 0 Å². The van der Waals surface area contributed by atoms with E-state index in [9.17, 15) is 0 Å². The molecule has 0 radical (unpaired) electrons. The first-order valence-electron chi connectivity index (χ1n) is 5.22. The lowest BCUT2D eigenvalue weighted by molar-refractivity contribution is 0.0311. The number of hydrogen-bond acceptors (Lipinski definition) is 4. The van der Waals surface area contributed by atoms with Crippen LogP contribution in [-0.4, -0.2) is 52.7 Å². The fourth-order valence-corrected chi connectivity index (χ4v) is 1.14. The first-order valence-corrected chi connectivity index (χ1v) is 5.22. The fourth-order valence-electron chi connectivity index (χ4n) is 1.14. The van der Waals surface area contributed by atoms with E-state index in [1.807, 2.05) is 6.92 Å². The summed E-state index contributed by atoms with van der Waals surface area (Å²) in [4.78, 5) is 0. The summed E-state index contributed by atoms with van der Waals surface area (Å²) in [7, 11) is 1.70. The van der Waals surface area contributed by atoms with Gasteiger partial charge in [-0.3, -0.25) is 0 Å². The zero-order valence-corrected chi connectivity index (χ0v) is 9.54. The van der Waals surface area contributed by atoms with Gasteiger partial charge in [-0.15, -0.1) is 0 Å². The molecule has 0 aromatic heterocycles. The normalized spacial score (nSPS) is 13.1. The average molecular weight is 205 g/mol. The Kier molecular flexibility index (Phi) is 10.8. The summed E-state index contributed by atoms with van der Waals surface area (Å²) in [6.45, 7) is 8.41. The predicted molar refractivity (Wildman–Crippen MR) is 56.7 cm³/mol. The van der Waals surface area contributed by atoms with Crippen molar-refractivity contribution < 1.29 is 14.2 Å². The summed E-state index contributed by atoms with van der Waals surface area (Å²) in [5.74, 6) is 0. The third-order valence-electron chi connectivity index (χ3n) is 1.76. The van der Waals surface area contributed by atoms with E-state index in [0.717, 1.165) is 13.2 Å². The Balaban J connectivity index is 3.30. The van der Waals surface area contributed by atoms with Gasteiger partial charge in [0.2, 0.25) is 0 Å². The van der Waals surface area contributed by atoms with Crippen LogP contribution in [0.5, 0.6) is 0 Å². The SMILES string of the molecule is CCNC(COC)COCCOCC. The fraction of sp³-hybridized carbons (Fsp3) is 1.00. The molecule has 0 saturated carbocycles. The van der Waals surface area contributed by atoms with Crippen molar-refractivity contribution in [3.05, 3.63) is 0 Å². The van der Waals surface area contributed by atoms with Gasteiger partial charge in [0.15, 0.2) is 0 Å². The van der Waals surface area contributed by atoms with Gasteiger partial charge in [0.05, 0.1) is 32.5 Å². The zero-order chi connectivity index (χ0) is 10.6. The van der Waals surface area contributed by atoms with Crippen molar-refractivity contribution in [2.75, 3.05) is 46.7 Å². The van der Waals surface area contributed by atoms with Crippen molar-refractivity contribution in [1.29, 1.82) is 0 Å². The van der Waals surface area contributed by atoms with Crippen LogP contribution in [0, 0.1) is 0 Å². The van der Waals surface area contributed by atoms with E-state index in [-0.39, 0.29) is 6.04 Å². The van der Waals surface area contributed by atoms with E-state index in [2.05, 4.69) is 12.2 Å². The molecule has 0 aliphatic carbocycles. The predicted octanol–water partition coefficient (Wildman–Crippen LogP) is 0.664. The van der Waals surface area contributed by atoms with Gasteiger partial charge >= 0.3 is 0 Å². The Hall–Kier alpha value is -0.160. The molecule has 0 aromatic carbocycles. The Morgan fingerprint density at radius 3 is 2.36 bits per heavy atom. The van der Waals surface area contributed by atoms with Crippen molar-refractivity contribution in [3.63, 3.8) is 0 Å². The molecule has 0 aromatic rings. The first kappa shape index (κ1) is 13.8. The van der Waals surface area contributed by atoms with E-state index < -0.39 is 0 Å². The van der Waals surface area contributed by atoms with E-state index in [1.54, 1.807) is 7.11 Å². The lowest BCUT2D eigenvalue weighted by atomic mass is 10.3. The molecule has 4 heteroatoms. The minimum absolute atomic E-state index is 0.284. The lowest BCUT2D eigenvalue weighted by Gasteiger charge is -2.16. The second kappa shape index (κ2) is 10.9. The third kappa shape index (κ3) is 8.44. The lowest BCUT2D eigenvalue weighted by Crippen LogP contribution is -2.37. The summed E-state index contributed by atoms with van der Waals surface area (Å²) in [5, 5.41) is 3.28. The molecule has 0 amide bonds. The number of rotatable bonds is 10. The number of hydrogen-bond donors (Lipinski definition) is 1. The largest absolute Gasteiger partial charge is 0.383 e. The molecule has 0 heterocycles. The maximum absolute atomic E-state index is 5.44. The standard InChI is InChI=1S/C10H23NO3/c1-4-11-10(8-12-3)9-14-7-6-13-5-2/h10-11H,4-9H2,1-3H3. The molecule has 0 rings (SSSR count). The molecule has 0 bridgehead atoms. The second-order valence-corrected chi connectivity index (χ2v) is 2.98. The molecule has 0 aliphatic rings. The van der Waals surface area contributed by atoms with E-state index >= 15 is 0 Å². The number of ether oxygens (including phenoxy) is 3. The Labute approximate surface area is 86.9 Å². The van der Waals surface area contributed by atoms with Gasteiger partial charge in [-0.1, -0.05) is 6.92 Å². The van der Waals surface area contributed by atoms with E-state index in [0.29, 0.717) is 26.4 Å². The van der Waals surface area contributed by atoms with Gasteiger partial charge < -0.3 is 19.5 Å². The van der Waals surface area contributed by atoms with E-state index in [1.165, 1.54) is 0 Å². The molecule has 0 saturated heterocycles. The van der Waals surface area contributed by atoms with Crippen LogP contribution < -0.4 is 5.32 Å². The molecule has 14 heavy (non-hydrogen) atoms. The number of likely N-dealkylation sites (N-methyl/N-ethyl adjacent to an activating group) is 1. The minimum atomic E-state index is 0.284. The van der Waals surface area contributed by atoms with Crippen molar-refractivity contribution in [3.8, 4) is 0 Å². The Morgan fingerprint density at radius 2 is 1.79 bits per heavy atom. The zero-order valence-electron chi connectivity index (χ0n) is 9.54. The van der Waals surface area contributed by atoms with Crippen LogP contribution in [0.15, 0.2) is 0 Å². The molecule has 1 unspecified atom stereocenters. The number of methoxy groups -OCH3 is 1. The van der Waals surface area contributed by atoms with Crippen LogP contribution in [0.25, 0.3) is 0 Å². The summed E-state index contributed by atoms with van der Waals surface area (Å²) in [6, 6.07) is 0.284. The maximum atomic E-state index is 5.44. The third-order valence-corrected chi connectivity index (χ3v) is 1.76. The molecule has 86 valence electrons. The van der Waals surface area contributed by atoms with Crippen LogP contribution in [-0.2, 0) is 14.2 Å². The van der Waals surface area contributed by atoms with Crippen LogP contribution >= 0.6 is 0 Å². The first-order chi connectivity index (χ1) is 6.85. The molecular formula is C10H23NO3. The van der Waals surface area contributed by atoms with Gasteiger partial charge in [0, 0.05) is 13.7 Å². The van der Waals surface area contributed by atoms with Crippen molar-refractivity contribution in [2.45, 2.75) is 19.9 Å². The van der Waals surface area contributed by atoms with Crippen LogP contribution in [0.3, 0.4) is 0 Å². The number of nitrogens with one attached hydrogen (secondary N) is 1. The molecule has 0 fully saturated rings. The summed E-state index contributed by atoms with van der Waals surface area (Å²) in [5.41, 5.74) is 0. The van der Waals surface area contributed by atoms with Crippen molar-refractivity contribution >= 4 is 0 Å². The Morgan fingerprint density at radius 1 is 1.07 bits per heavy atom. The van der Waals surface area contributed by atoms with Gasteiger partial charge in [-0.2, -0.15) is 0 Å². The van der Waals surface area contributed by atoms with Crippen molar-refractivity contribution in [1.82, 2.24) is 5.32 Å². The average Bonchev–Trinajstić information content (AvgIpc) is 2.18. The molecule has 0 aliphatic heterocycles. The highest BCUT2D eigenvalue weighted by atomic mass is 16.5. The van der Waals surface area contributed by atoms with Gasteiger partial charge in [0.1, 0.15) is 0 Å². The summed E-state index contributed by atoms with van der Waals surface area (Å²) < 4.78 is 15.7. The molecule has 1 atom stereocenters. The topological polar surface area (TPSA) is 39.7 Å². The van der Waals surface area contributed by atoms with Gasteiger partial charge in [-0.05, 0) is 13.5 Å². The van der Waals surface area contributed by atoms with Gasteiger partial charge in [0.25, 0.3) is 0 Å². The minimum Gasteiger partial charge on any atom is -0.383 e. The molecule has 4 nitrogen and oxygen atoms in total. The van der Waals surface area contributed by atoms with E-state index in [4.69, 9.17) is 14.2 Å². The summed E-state index contributed by atoms with van der Waals surface area (Å²) >= 11 is 0. The second-order valence-electron chi connectivity index (χ2n) is 2.98. The highest BCUT2D eigenvalue weighted by Gasteiger charge is 2.05.